The maximum atomic E-state index is 3.41. The Morgan fingerprint density at radius 3 is 2.62 bits per heavy atom. The van der Waals surface area contributed by atoms with Crippen LogP contribution in [0.1, 0.15) is 13.3 Å². The molecule has 0 aromatic heterocycles. The van der Waals surface area contributed by atoms with E-state index in [-0.39, 0.29) is 0 Å². The van der Waals surface area contributed by atoms with Crippen molar-refractivity contribution < 1.29 is 0 Å². The molecule has 3 nitrogen and oxygen atoms in total. The van der Waals surface area contributed by atoms with Gasteiger partial charge in [-0.1, -0.05) is 6.92 Å². The van der Waals surface area contributed by atoms with Crippen LogP contribution in [0.2, 0.25) is 0 Å². The highest BCUT2D eigenvalue weighted by molar-refractivity contribution is 8.00. The molecule has 0 radical (unpaired) electrons. The summed E-state index contributed by atoms with van der Waals surface area (Å²) in [5, 5.41) is 4.30. The third kappa shape index (κ3) is 3.91. The molecule has 0 aromatic rings. The Morgan fingerprint density at radius 2 is 1.88 bits per heavy atom. The number of hydrogen-bond acceptors (Lipinski definition) is 4. The van der Waals surface area contributed by atoms with Crippen LogP contribution in [0.4, 0.5) is 0 Å². The second-order valence-corrected chi connectivity index (χ2v) is 6.20. The summed E-state index contributed by atoms with van der Waals surface area (Å²) in [6.07, 6.45) is 1.33. The van der Waals surface area contributed by atoms with Crippen LogP contribution in [0.25, 0.3) is 0 Å². The van der Waals surface area contributed by atoms with Gasteiger partial charge in [-0.25, -0.2) is 0 Å². The zero-order chi connectivity index (χ0) is 11.2. The number of thioether (sulfide) groups is 1. The zero-order valence-electron chi connectivity index (χ0n) is 10.5. The molecule has 0 spiro atoms. The highest BCUT2D eigenvalue weighted by Gasteiger charge is 2.19. The fourth-order valence-electron chi connectivity index (χ4n) is 2.45. The first-order valence-corrected chi connectivity index (χ1v) is 7.70. The van der Waals surface area contributed by atoms with Crippen LogP contribution in [-0.4, -0.2) is 73.2 Å². The first-order valence-electron chi connectivity index (χ1n) is 6.65. The van der Waals surface area contributed by atoms with E-state index in [0.29, 0.717) is 0 Å². The molecule has 0 saturated carbocycles. The minimum Gasteiger partial charge on any atom is -0.314 e. The molecule has 2 fully saturated rings. The normalized spacial score (nSPS) is 29.4. The van der Waals surface area contributed by atoms with Gasteiger partial charge in [-0.05, 0) is 6.42 Å². The van der Waals surface area contributed by atoms with Crippen LogP contribution in [0.3, 0.4) is 0 Å². The minimum atomic E-state index is 0.886. The minimum absolute atomic E-state index is 0.886. The summed E-state index contributed by atoms with van der Waals surface area (Å²) < 4.78 is 0. The van der Waals surface area contributed by atoms with Crippen molar-refractivity contribution in [3.05, 3.63) is 0 Å². The van der Waals surface area contributed by atoms with Gasteiger partial charge in [-0.15, -0.1) is 0 Å². The van der Waals surface area contributed by atoms with Crippen molar-refractivity contribution in [3.63, 3.8) is 0 Å². The van der Waals surface area contributed by atoms with E-state index in [1.165, 1.54) is 64.5 Å². The van der Waals surface area contributed by atoms with Gasteiger partial charge in [0.05, 0.1) is 0 Å². The predicted molar refractivity (Wildman–Crippen MR) is 72.3 cm³/mol. The number of nitrogens with zero attached hydrogens (tertiary/aromatic N) is 2. The lowest BCUT2D eigenvalue weighted by molar-refractivity contribution is 0.191. The number of rotatable bonds is 4. The molecule has 4 heteroatoms. The van der Waals surface area contributed by atoms with Crippen LogP contribution in [0.5, 0.6) is 0 Å². The molecule has 1 atom stereocenters. The van der Waals surface area contributed by atoms with Crippen molar-refractivity contribution >= 4 is 11.8 Å². The standard InChI is InChI=1S/C12H25N3S/c1-2-12-11-15(9-10-16-12)8-7-14-5-3-13-4-6-14/h12-13H,2-11H2,1H3. The summed E-state index contributed by atoms with van der Waals surface area (Å²) in [7, 11) is 0. The van der Waals surface area contributed by atoms with E-state index in [9.17, 15) is 0 Å². The molecule has 16 heavy (non-hydrogen) atoms. The monoisotopic (exact) mass is 243 g/mol. The number of hydrogen-bond donors (Lipinski definition) is 1. The van der Waals surface area contributed by atoms with Crippen LogP contribution < -0.4 is 5.32 Å². The van der Waals surface area contributed by atoms with E-state index in [1.807, 2.05) is 0 Å². The largest absolute Gasteiger partial charge is 0.314 e. The van der Waals surface area contributed by atoms with Crippen molar-refractivity contribution in [3.8, 4) is 0 Å². The fraction of sp³-hybridized carbons (Fsp3) is 1.00. The molecule has 1 N–H and O–H groups in total. The Labute approximate surface area is 104 Å². The SMILES string of the molecule is CCC1CN(CCN2CCNCC2)CCS1. The van der Waals surface area contributed by atoms with Crippen molar-refractivity contribution in [2.75, 3.05) is 58.1 Å². The van der Waals surface area contributed by atoms with Gasteiger partial charge in [0.15, 0.2) is 0 Å². The van der Waals surface area contributed by atoms with Crippen LogP contribution in [0, 0.1) is 0 Å². The summed E-state index contributed by atoms with van der Waals surface area (Å²) in [6.45, 7) is 12.3. The quantitative estimate of drug-likeness (QED) is 0.784. The molecule has 2 heterocycles. The predicted octanol–water partition coefficient (Wildman–Crippen LogP) is 0.719. The summed E-state index contributed by atoms with van der Waals surface area (Å²) >= 11 is 2.16. The Hall–Kier alpha value is 0.230. The van der Waals surface area contributed by atoms with Gasteiger partial charge in [0, 0.05) is 63.4 Å². The summed E-state index contributed by atoms with van der Waals surface area (Å²) in [4.78, 5) is 5.26. The van der Waals surface area contributed by atoms with E-state index in [1.54, 1.807) is 0 Å². The van der Waals surface area contributed by atoms with Crippen LogP contribution in [-0.2, 0) is 0 Å². The van der Waals surface area contributed by atoms with Crippen molar-refractivity contribution in [1.82, 2.24) is 15.1 Å². The lowest BCUT2D eigenvalue weighted by atomic mass is 10.3. The third-order valence-electron chi connectivity index (χ3n) is 3.62. The maximum Gasteiger partial charge on any atom is 0.0172 e. The van der Waals surface area contributed by atoms with Gasteiger partial charge in [0.1, 0.15) is 0 Å². The average Bonchev–Trinajstić information content (AvgIpc) is 2.38. The van der Waals surface area contributed by atoms with E-state index < -0.39 is 0 Å². The van der Waals surface area contributed by atoms with Crippen molar-refractivity contribution in [2.24, 2.45) is 0 Å². The van der Waals surface area contributed by atoms with Crippen LogP contribution in [0.15, 0.2) is 0 Å². The van der Waals surface area contributed by atoms with Gasteiger partial charge in [-0.2, -0.15) is 11.8 Å². The number of nitrogens with one attached hydrogen (secondary N) is 1. The average molecular weight is 243 g/mol. The third-order valence-corrected chi connectivity index (χ3v) is 4.99. The molecule has 2 saturated heterocycles. The van der Waals surface area contributed by atoms with Crippen molar-refractivity contribution in [1.29, 1.82) is 0 Å². The highest BCUT2D eigenvalue weighted by Crippen LogP contribution is 2.20. The Bertz CT molecular complexity index is 195. The zero-order valence-corrected chi connectivity index (χ0v) is 11.3. The van der Waals surface area contributed by atoms with Gasteiger partial charge >= 0.3 is 0 Å². The van der Waals surface area contributed by atoms with Gasteiger partial charge < -0.3 is 10.2 Å². The van der Waals surface area contributed by atoms with E-state index in [2.05, 4.69) is 33.8 Å². The van der Waals surface area contributed by atoms with Gasteiger partial charge in [-0.3, -0.25) is 4.90 Å². The Morgan fingerprint density at radius 1 is 1.12 bits per heavy atom. The van der Waals surface area contributed by atoms with Crippen LogP contribution >= 0.6 is 11.8 Å². The van der Waals surface area contributed by atoms with E-state index >= 15 is 0 Å². The number of piperazine rings is 1. The summed E-state index contributed by atoms with van der Waals surface area (Å²) in [5.74, 6) is 1.33. The van der Waals surface area contributed by atoms with Gasteiger partial charge in [0.25, 0.3) is 0 Å². The molecule has 2 aliphatic rings. The molecule has 0 bridgehead atoms. The summed E-state index contributed by atoms with van der Waals surface area (Å²) in [5.41, 5.74) is 0. The van der Waals surface area contributed by atoms with Crippen molar-refractivity contribution in [2.45, 2.75) is 18.6 Å². The molecule has 0 aliphatic carbocycles. The lowest BCUT2D eigenvalue weighted by Crippen LogP contribution is -2.48. The molecule has 0 amide bonds. The van der Waals surface area contributed by atoms with Gasteiger partial charge in [0.2, 0.25) is 0 Å². The second kappa shape index (κ2) is 6.84. The van der Waals surface area contributed by atoms with E-state index in [4.69, 9.17) is 0 Å². The fourth-order valence-corrected chi connectivity index (χ4v) is 3.70. The maximum absolute atomic E-state index is 3.41. The second-order valence-electron chi connectivity index (χ2n) is 4.79. The molecule has 2 rings (SSSR count). The van der Waals surface area contributed by atoms with E-state index in [0.717, 1.165) is 5.25 Å². The molecular formula is C12H25N3S. The molecule has 2 aliphatic heterocycles. The molecule has 0 aromatic carbocycles. The Balaban J connectivity index is 1.64. The molecule has 94 valence electrons. The smallest absolute Gasteiger partial charge is 0.0172 e. The lowest BCUT2D eigenvalue weighted by Gasteiger charge is -2.34. The molecule has 1 unspecified atom stereocenters. The molecular weight excluding hydrogens is 218 g/mol. The first-order chi connectivity index (χ1) is 7.88. The highest BCUT2D eigenvalue weighted by atomic mass is 32.2. The summed E-state index contributed by atoms with van der Waals surface area (Å²) in [6, 6.07) is 0. The first kappa shape index (κ1) is 12.7. The topological polar surface area (TPSA) is 18.5 Å². The Kier molecular flexibility index (Phi) is 5.42.